The van der Waals surface area contributed by atoms with E-state index in [0.29, 0.717) is 13.0 Å². The molecule has 0 aliphatic carbocycles. The third-order valence-corrected chi connectivity index (χ3v) is 4.16. The maximum absolute atomic E-state index is 12.7. The normalized spacial score (nSPS) is 14.6. The molecule has 0 amide bonds. The standard InChI is InChI=1S/C11H12F5NO2S/c1-6-3-4-8(5-9(6)10(12)13)20(18,19)17-7(2)11(14,15)16/h3-5,7,10,17H,1-2H3. The molecule has 1 unspecified atom stereocenters. The highest BCUT2D eigenvalue weighted by molar-refractivity contribution is 7.89. The number of halogens is 5. The molecule has 0 bridgehead atoms. The first-order chi connectivity index (χ1) is 8.95. The highest BCUT2D eigenvalue weighted by Gasteiger charge is 2.39. The summed E-state index contributed by atoms with van der Waals surface area (Å²) in [6.45, 7) is 1.98. The fourth-order valence-corrected chi connectivity index (χ4v) is 2.65. The zero-order valence-electron chi connectivity index (χ0n) is 10.5. The summed E-state index contributed by atoms with van der Waals surface area (Å²) in [5.41, 5.74) is -0.379. The lowest BCUT2D eigenvalue weighted by Crippen LogP contribution is -2.42. The van der Waals surface area contributed by atoms with E-state index < -0.39 is 39.1 Å². The molecule has 1 aromatic carbocycles. The van der Waals surface area contributed by atoms with Gasteiger partial charge in [-0.2, -0.15) is 17.9 Å². The molecule has 0 fully saturated rings. The van der Waals surface area contributed by atoms with Gasteiger partial charge in [0.05, 0.1) is 4.90 Å². The molecule has 20 heavy (non-hydrogen) atoms. The maximum atomic E-state index is 12.7. The first-order valence-electron chi connectivity index (χ1n) is 5.43. The molecule has 1 atom stereocenters. The van der Waals surface area contributed by atoms with Gasteiger partial charge in [0.15, 0.2) is 0 Å². The summed E-state index contributed by atoms with van der Waals surface area (Å²) in [5.74, 6) is 0. The van der Waals surface area contributed by atoms with Crippen molar-refractivity contribution in [3.63, 3.8) is 0 Å². The van der Waals surface area contributed by atoms with E-state index in [1.165, 1.54) is 11.6 Å². The molecule has 3 nitrogen and oxygen atoms in total. The predicted octanol–water partition coefficient (Wildman–Crippen LogP) is 3.16. The summed E-state index contributed by atoms with van der Waals surface area (Å²) in [6, 6.07) is 0.454. The van der Waals surface area contributed by atoms with Gasteiger partial charge in [0.1, 0.15) is 6.04 Å². The van der Waals surface area contributed by atoms with Gasteiger partial charge in [0.25, 0.3) is 6.43 Å². The molecule has 0 radical (unpaired) electrons. The van der Waals surface area contributed by atoms with Crippen molar-refractivity contribution in [3.8, 4) is 0 Å². The van der Waals surface area contributed by atoms with Crippen LogP contribution in [0, 0.1) is 6.92 Å². The van der Waals surface area contributed by atoms with Crippen molar-refractivity contribution in [2.45, 2.75) is 37.4 Å². The second-order valence-corrected chi connectivity index (χ2v) is 5.92. The number of nitrogens with one attached hydrogen (secondary N) is 1. The van der Waals surface area contributed by atoms with Gasteiger partial charge in [-0.25, -0.2) is 17.2 Å². The molecule has 114 valence electrons. The number of rotatable bonds is 4. The SMILES string of the molecule is Cc1ccc(S(=O)(=O)NC(C)C(F)(F)F)cc1C(F)F. The molecule has 9 heteroatoms. The lowest BCUT2D eigenvalue weighted by atomic mass is 10.1. The molecular formula is C11H12F5NO2S. The Morgan fingerprint density at radius 2 is 1.75 bits per heavy atom. The third-order valence-electron chi connectivity index (χ3n) is 2.62. The van der Waals surface area contributed by atoms with Crippen LogP contribution >= 0.6 is 0 Å². The van der Waals surface area contributed by atoms with Gasteiger partial charge in [-0.3, -0.25) is 0 Å². The Balaban J connectivity index is 3.14. The van der Waals surface area contributed by atoms with Crippen LogP contribution < -0.4 is 4.72 Å². The Kier molecular flexibility index (Phi) is 4.75. The van der Waals surface area contributed by atoms with E-state index in [9.17, 15) is 30.4 Å². The Bertz CT molecular complexity index is 583. The summed E-state index contributed by atoms with van der Waals surface area (Å²) in [4.78, 5) is -0.630. The van der Waals surface area contributed by atoms with Crippen molar-refractivity contribution in [2.75, 3.05) is 0 Å². The topological polar surface area (TPSA) is 46.2 Å². The predicted molar refractivity (Wildman–Crippen MR) is 62.0 cm³/mol. The first kappa shape index (κ1) is 16.8. The van der Waals surface area contributed by atoms with E-state index in [0.717, 1.165) is 12.1 Å². The molecule has 1 rings (SSSR count). The maximum Gasteiger partial charge on any atom is 0.404 e. The van der Waals surface area contributed by atoms with Gasteiger partial charge in [-0.05, 0) is 31.5 Å². The van der Waals surface area contributed by atoms with Crippen molar-refractivity contribution in [1.29, 1.82) is 0 Å². The van der Waals surface area contributed by atoms with Crippen LogP contribution in [0.15, 0.2) is 23.1 Å². The molecule has 0 aliphatic heterocycles. The van der Waals surface area contributed by atoms with E-state index >= 15 is 0 Å². The Labute approximate surface area is 112 Å². The largest absolute Gasteiger partial charge is 0.404 e. The van der Waals surface area contributed by atoms with Crippen molar-refractivity contribution < 1.29 is 30.4 Å². The molecule has 1 N–H and O–H groups in total. The van der Waals surface area contributed by atoms with E-state index in [4.69, 9.17) is 0 Å². The fraction of sp³-hybridized carbons (Fsp3) is 0.455. The van der Waals surface area contributed by atoms with Crippen molar-refractivity contribution in [2.24, 2.45) is 0 Å². The van der Waals surface area contributed by atoms with Crippen LogP contribution in [0.3, 0.4) is 0 Å². The fourth-order valence-electron chi connectivity index (χ4n) is 1.39. The van der Waals surface area contributed by atoms with E-state index in [2.05, 4.69) is 0 Å². The zero-order valence-corrected chi connectivity index (χ0v) is 11.3. The Morgan fingerprint density at radius 1 is 1.20 bits per heavy atom. The minimum Gasteiger partial charge on any atom is -0.207 e. The molecular weight excluding hydrogens is 305 g/mol. The van der Waals surface area contributed by atoms with Gasteiger partial charge in [0, 0.05) is 5.56 Å². The molecule has 0 saturated carbocycles. The number of sulfonamides is 1. The number of hydrogen-bond donors (Lipinski definition) is 1. The van der Waals surface area contributed by atoms with Crippen molar-refractivity contribution >= 4 is 10.0 Å². The van der Waals surface area contributed by atoms with Gasteiger partial charge < -0.3 is 0 Å². The molecule has 1 aromatic rings. The van der Waals surface area contributed by atoms with Crippen molar-refractivity contribution in [3.05, 3.63) is 29.3 Å². The lowest BCUT2D eigenvalue weighted by molar-refractivity contribution is -0.147. The van der Waals surface area contributed by atoms with Crippen LogP contribution in [0.2, 0.25) is 0 Å². The number of aryl methyl sites for hydroxylation is 1. The van der Waals surface area contributed by atoms with Crippen LogP contribution in [0.1, 0.15) is 24.5 Å². The molecule has 0 aromatic heterocycles. The number of alkyl halides is 5. The van der Waals surface area contributed by atoms with Gasteiger partial charge >= 0.3 is 6.18 Å². The van der Waals surface area contributed by atoms with Crippen LogP contribution in [0.4, 0.5) is 22.0 Å². The third kappa shape index (κ3) is 3.89. The summed E-state index contributed by atoms with van der Waals surface area (Å²) in [7, 11) is -4.52. The summed E-state index contributed by atoms with van der Waals surface area (Å²) in [5, 5.41) is 0. The number of benzene rings is 1. The van der Waals surface area contributed by atoms with Crippen LogP contribution in [-0.4, -0.2) is 20.6 Å². The lowest BCUT2D eigenvalue weighted by Gasteiger charge is -2.17. The second-order valence-electron chi connectivity index (χ2n) is 4.20. The van der Waals surface area contributed by atoms with Crippen molar-refractivity contribution in [1.82, 2.24) is 4.72 Å². The highest BCUT2D eigenvalue weighted by atomic mass is 32.2. The average Bonchev–Trinajstić information content (AvgIpc) is 2.26. The van der Waals surface area contributed by atoms with Gasteiger partial charge in [0.2, 0.25) is 10.0 Å². The minimum absolute atomic E-state index is 0.155. The Morgan fingerprint density at radius 3 is 2.20 bits per heavy atom. The van der Waals surface area contributed by atoms with E-state index in [1.54, 1.807) is 0 Å². The summed E-state index contributed by atoms with van der Waals surface area (Å²) >= 11 is 0. The molecule has 0 aliphatic rings. The van der Waals surface area contributed by atoms with Crippen LogP contribution in [0.25, 0.3) is 0 Å². The van der Waals surface area contributed by atoms with E-state index in [-0.39, 0.29) is 5.56 Å². The van der Waals surface area contributed by atoms with Crippen LogP contribution in [0.5, 0.6) is 0 Å². The molecule has 0 spiro atoms. The number of hydrogen-bond acceptors (Lipinski definition) is 2. The monoisotopic (exact) mass is 317 g/mol. The smallest absolute Gasteiger partial charge is 0.207 e. The zero-order chi connectivity index (χ0) is 15.7. The van der Waals surface area contributed by atoms with E-state index in [1.807, 2.05) is 0 Å². The van der Waals surface area contributed by atoms with Gasteiger partial charge in [-0.15, -0.1) is 0 Å². The van der Waals surface area contributed by atoms with Crippen LogP contribution in [-0.2, 0) is 10.0 Å². The Hall–Kier alpha value is -1.22. The average molecular weight is 317 g/mol. The molecule has 0 saturated heterocycles. The quantitative estimate of drug-likeness (QED) is 0.867. The highest BCUT2D eigenvalue weighted by Crippen LogP contribution is 2.26. The van der Waals surface area contributed by atoms with Gasteiger partial charge in [-0.1, -0.05) is 6.07 Å². The first-order valence-corrected chi connectivity index (χ1v) is 6.91. The molecule has 0 heterocycles. The minimum atomic E-state index is -4.76. The second kappa shape index (κ2) is 5.65. The summed E-state index contributed by atoms with van der Waals surface area (Å²) in [6.07, 6.45) is -7.67. The summed E-state index contributed by atoms with van der Waals surface area (Å²) < 4.78 is 87.1.